The number of hydrogen-bond donors (Lipinski definition) is 5. The summed E-state index contributed by atoms with van der Waals surface area (Å²) >= 11 is 7.36. The predicted molar refractivity (Wildman–Crippen MR) is 113 cm³/mol. The van der Waals surface area contributed by atoms with Crippen molar-refractivity contribution >= 4 is 37.1 Å². The van der Waals surface area contributed by atoms with E-state index in [2.05, 4.69) is 16.8 Å². The molecule has 176 valence electrons. The van der Waals surface area contributed by atoms with Gasteiger partial charge < -0.3 is 30.1 Å². The van der Waals surface area contributed by atoms with E-state index >= 15 is 0 Å². The van der Waals surface area contributed by atoms with Gasteiger partial charge in [-0.05, 0) is 32.6 Å². The number of carbonyl (C=O) groups is 1. The number of aliphatic hydroxyl groups is 2. The Kier molecular flexibility index (Phi) is 9.46. The van der Waals surface area contributed by atoms with E-state index in [0.717, 1.165) is 24.7 Å². The summed E-state index contributed by atoms with van der Waals surface area (Å²) in [7, 11) is -3.05. The number of nitrogens with one attached hydrogen (secondary N) is 1. The molecule has 9 atom stereocenters. The first-order valence-electron chi connectivity index (χ1n) is 9.82. The van der Waals surface area contributed by atoms with Crippen molar-refractivity contribution in [3.63, 3.8) is 0 Å². The maximum atomic E-state index is 12.9. The van der Waals surface area contributed by atoms with Crippen LogP contribution in [-0.4, -0.2) is 98.0 Å². The number of alkyl halides is 1. The second-order valence-electron chi connectivity index (χ2n) is 7.92. The first-order chi connectivity index (χ1) is 13.9. The molecule has 0 aliphatic carbocycles. The molecule has 0 saturated carbocycles. The predicted octanol–water partition coefficient (Wildman–Crippen LogP) is 0.116. The van der Waals surface area contributed by atoms with E-state index < -0.39 is 49.1 Å². The van der Waals surface area contributed by atoms with Crippen LogP contribution in [0.3, 0.4) is 0 Å². The van der Waals surface area contributed by atoms with Gasteiger partial charge in [0.25, 0.3) is 0 Å². The molecule has 2 rings (SSSR count). The van der Waals surface area contributed by atoms with Gasteiger partial charge in [-0.2, -0.15) is 0 Å². The number of ether oxygens (including phenoxy) is 1. The van der Waals surface area contributed by atoms with Gasteiger partial charge in [0.2, 0.25) is 5.91 Å². The molecule has 5 N–H and O–H groups in total. The second-order valence-corrected chi connectivity index (χ2v) is 10.7. The van der Waals surface area contributed by atoms with Crippen LogP contribution < -0.4 is 5.32 Å². The van der Waals surface area contributed by atoms with E-state index in [-0.39, 0.29) is 11.9 Å². The first kappa shape index (κ1) is 26.3. The van der Waals surface area contributed by atoms with Crippen LogP contribution >= 0.6 is 31.2 Å². The minimum atomic E-state index is -4.93. The van der Waals surface area contributed by atoms with Gasteiger partial charge in [-0.3, -0.25) is 14.2 Å². The summed E-state index contributed by atoms with van der Waals surface area (Å²) in [4.78, 5) is 33.1. The zero-order valence-corrected chi connectivity index (χ0v) is 19.9. The van der Waals surface area contributed by atoms with Crippen molar-refractivity contribution in [3.05, 3.63) is 0 Å². The molecule has 2 fully saturated rings. The van der Waals surface area contributed by atoms with E-state index in [9.17, 15) is 19.6 Å². The van der Waals surface area contributed by atoms with Crippen molar-refractivity contribution < 1.29 is 38.6 Å². The summed E-state index contributed by atoms with van der Waals surface area (Å²) in [6.45, 7) is 4.52. The summed E-state index contributed by atoms with van der Waals surface area (Å²) < 4.78 is 21.7. The Morgan fingerprint density at radius 1 is 1.40 bits per heavy atom. The average Bonchev–Trinajstić information content (AvgIpc) is 3.04. The third kappa shape index (κ3) is 6.31. The number of hydrogen-bond acceptors (Lipinski definition) is 8. The van der Waals surface area contributed by atoms with Crippen LogP contribution in [0.5, 0.6) is 0 Å². The lowest BCUT2D eigenvalue weighted by Crippen LogP contribution is -2.65. The molecule has 2 aliphatic rings. The molecule has 0 aromatic heterocycles. The van der Waals surface area contributed by atoms with Gasteiger partial charge in [0, 0.05) is 6.54 Å². The van der Waals surface area contributed by atoms with Crippen LogP contribution in [-0.2, 0) is 18.6 Å². The molecule has 10 nitrogen and oxygen atoms in total. The lowest BCUT2D eigenvalue weighted by Gasteiger charge is -2.45. The number of phosphoric ester groups is 1. The third-order valence-corrected chi connectivity index (χ3v) is 7.38. The van der Waals surface area contributed by atoms with Crippen LogP contribution in [0.4, 0.5) is 0 Å². The number of likely N-dealkylation sites (N-methyl/N-ethyl adjacent to an activating group) is 1. The number of amides is 1. The highest BCUT2D eigenvalue weighted by Gasteiger charge is 2.51. The third-order valence-electron chi connectivity index (χ3n) is 5.75. The van der Waals surface area contributed by atoms with Crippen molar-refractivity contribution in [2.75, 3.05) is 19.8 Å². The molecule has 0 aromatic carbocycles. The van der Waals surface area contributed by atoms with Crippen molar-refractivity contribution in [2.24, 2.45) is 5.92 Å². The molecule has 2 aliphatic heterocycles. The quantitative estimate of drug-likeness (QED) is 0.234. The smallest absolute Gasteiger partial charge is 0.388 e. The zero-order chi connectivity index (χ0) is 22.8. The normalized spacial score (nSPS) is 37.7. The van der Waals surface area contributed by atoms with Crippen LogP contribution in [0.25, 0.3) is 0 Å². The summed E-state index contributed by atoms with van der Waals surface area (Å²) in [6, 6.07) is -1.18. The number of halogens is 1. The summed E-state index contributed by atoms with van der Waals surface area (Å²) in [5.74, 6) is 0.174. The van der Waals surface area contributed by atoms with E-state index in [1.165, 1.54) is 0 Å². The molecule has 0 spiro atoms. The van der Waals surface area contributed by atoms with Gasteiger partial charge in [-0.1, -0.05) is 13.3 Å². The molecule has 0 unspecified atom stereocenters. The summed E-state index contributed by atoms with van der Waals surface area (Å²) in [5.41, 5.74) is -0.991. The Hall–Kier alpha value is 0.0600. The van der Waals surface area contributed by atoms with Gasteiger partial charge in [0.05, 0.1) is 17.5 Å². The van der Waals surface area contributed by atoms with Crippen molar-refractivity contribution in [1.29, 1.82) is 0 Å². The number of nitrogens with zero attached hydrogens (tertiary/aromatic N) is 1. The molecule has 13 heteroatoms. The lowest BCUT2D eigenvalue weighted by molar-refractivity contribution is -0.201. The highest BCUT2D eigenvalue weighted by atomic mass is 35.5. The largest absolute Gasteiger partial charge is 0.470 e. The van der Waals surface area contributed by atoms with Crippen molar-refractivity contribution in [1.82, 2.24) is 10.2 Å². The fourth-order valence-corrected chi connectivity index (χ4v) is 5.61. The monoisotopic (exact) mass is 490 g/mol. The summed E-state index contributed by atoms with van der Waals surface area (Å²) in [5, 5.41) is 23.3. The molecule has 30 heavy (non-hydrogen) atoms. The van der Waals surface area contributed by atoms with Gasteiger partial charge >= 0.3 is 7.82 Å². The Bertz CT molecular complexity index is 639. The molecular formula is C17H32ClN2O8PS. The fraction of sp³-hybridized carbons (Fsp3) is 0.941. The minimum absolute atomic E-state index is 0.245. The lowest BCUT2D eigenvalue weighted by atomic mass is 9.92. The number of likely N-dealkylation sites (tertiary alicyclic amines) is 1. The molecule has 0 radical (unpaired) electrons. The van der Waals surface area contributed by atoms with Crippen LogP contribution in [0.15, 0.2) is 0 Å². The van der Waals surface area contributed by atoms with Gasteiger partial charge in [-0.25, -0.2) is 4.57 Å². The molecule has 0 bridgehead atoms. The van der Waals surface area contributed by atoms with Crippen molar-refractivity contribution in [3.8, 4) is 0 Å². The maximum Gasteiger partial charge on any atom is 0.470 e. The molecule has 2 saturated heterocycles. The van der Waals surface area contributed by atoms with Crippen LogP contribution in [0.1, 0.15) is 26.7 Å². The van der Waals surface area contributed by atoms with Crippen LogP contribution in [0.2, 0.25) is 0 Å². The Morgan fingerprint density at radius 3 is 2.50 bits per heavy atom. The van der Waals surface area contributed by atoms with Crippen LogP contribution in [0, 0.1) is 5.92 Å². The van der Waals surface area contributed by atoms with E-state index in [1.807, 2.05) is 11.9 Å². The van der Waals surface area contributed by atoms with Gasteiger partial charge in [0.15, 0.2) is 0 Å². The maximum absolute atomic E-state index is 12.9. The first-order valence-corrected chi connectivity index (χ1v) is 13.1. The Morgan fingerprint density at radius 2 is 2.03 bits per heavy atom. The Balaban J connectivity index is 2.17. The molecular weight excluding hydrogens is 459 g/mol. The fourth-order valence-electron chi connectivity index (χ4n) is 4.05. The molecule has 0 aromatic rings. The molecule has 2 heterocycles. The standard InChI is InChI=1S/C17H32ClN2O8PS/c1-5-9-6-10(20(3)7-9)16(23)19-11(8(2)18)14-12(21)13(22)15(17(27-14)30-4)28-29(24,25)26/h8-15,17,21-22H,5-7H2,1-4H3,(H,19,23)(H2,24,25,26)/t8-,9-,10+,11-,12-,13+,14-,15-,17-/m1/s1. The highest BCUT2D eigenvalue weighted by molar-refractivity contribution is 7.99. The van der Waals surface area contributed by atoms with Gasteiger partial charge in [-0.15, -0.1) is 23.4 Å². The van der Waals surface area contributed by atoms with E-state index in [0.29, 0.717) is 12.3 Å². The second kappa shape index (κ2) is 10.8. The van der Waals surface area contributed by atoms with Crippen molar-refractivity contribution in [2.45, 2.75) is 74.0 Å². The number of thioether (sulfide) groups is 1. The van der Waals surface area contributed by atoms with Gasteiger partial charge in [0.1, 0.15) is 29.9 Å². The number of carbonyl (C=O) groups excluding carboxylic acids is 1. The highest BCUT2D eigenvalue weighted by Crippen LogP contribution is 2.43. The number of phosphoric acid groups is 1. The summed E-state index contributed by atoms with van der Waals surface area (Å²) in [6.07, 6.45) is -2.50. The molecule has 1 amide bonds. The average molecular weight is 491 g/mol. The van der Waals surface area contributed by atoms with E-state index in [1.54, 1.807) is 13.2 Å². The zero-order valence-electron chi connectivity index (χ0n) is 17.4. The van der Waals surface area contributed by atoms with E-state index in [4.69, 9.17) is 26.1 Å². The Labute approximate surface area is 185 Å². The SMILES string of the molecule is CC[C@@H]1C[C@@H](C(=O)N[C@@H]([C@H]2O[C@H](SC)[C@H](OP(=O)(O)O)[C@@H](O)[C@H]2O)[C@@H](C)Cl)N(C)C1. The topological polar surface area (TPSA) is 149 Å². The number of rotatable bonds is 8. The number of aliphatic hydroxyl groups excluding tert-OH is 2. The minimum Gasteiger partial charge on any atom is -0.388 e.